The van der Waals surface area contributed by atoms with Gasteiger partial charge in [0.2, 0.25) is 5.95 Å². The van der Waals surface area contributed by atoms with Gasteiger partial charge in [-0.15, -0.1) is 0 Å². The van der Waals surface area contributed by atoms with Crippen molar-refractivity contribution in [3.05, 3.63) is 71.5 Å². The fourth-order valence-corrected chi connectivity index (χ4v) is 2.45. The van der Waals surface area contributed by atoms with Gasteiger partial charge in [-0.05, 0) is 37.3 Å². The monoisotopic (exact) mass is 368 g/mol. The summed E-state index contributed by atoms with van der Waals surface area (Å²) < 4.78 is 5.57. The van der Waals surface area contributed by atoms with E-state index in [2.05, 4.69) is 20.6 Å². The number of para-hydroxylation sites is 3. The van der Waals surface area contributed by atoms with Crippen LogP contribution in [0.15, 0.2) is 60.8 Å². The van der Waals surface area contributed by atoms with Crippen LogP contribution in [-0.4, -0.2) is 22.5 Å². The largest absolute Gasteiger partial charge is 0.492 e. The maximum Gasteiger partial charge on any atom is 0.274 e. The zero-order chi connectivity index (χ0) is 18.4. The van der Waals surface area contributed by atoms with Gasteiger partial charge in [-0.3, -0.25) is 4.79 Å². The third-order valence-electron chi connectivity index (χ3n) is 3.44. The molecule has 0 aliphatic heterocycles. The number of ether oxygens (including phenoxy) is 1. The second kappa shape index (κ2) is 8.31. The van der Waals surface area contributed by atoms with Gasteiger partial charge < -0.3 is 15.4 Å². The predicted octanol–water partition coefficient (Wildman–Crippen LogP) is 4.52. The van der Waals surface area contributed by atoms with Gasteiger partial charge >= 0.3 is 0 Å². The summed E-state index contributed by atoms with van der Waals surface area (Å²) in [6.07, 6.45) is 1.51. The minimum Gasteiger partial charge on any atom is -0.492 e. The Morgan fingerprint density at radius 3 is 2.58 bits per heavy atom. The lowest BCUT2D eigenvalue weighted by atomic mass is 10.3. The van der Waals surface area contributed by atoms with Crippen LogP contribution in [0.4, 0.5) is 17.3 Å². The molecule has 0 saturated heterocycles. The number of halogens is 1. The first-order valence-electron chi connectivity index (χ1n) is 8.05. The SMILES string of the molecule is CCOc1ccccc1Nc1nccc(C(=O)Nc2ccccc2Cl)n1. The Bertz CT molecular complexity index is 917. The number of benzene rings is 2. The van der Waals surface area contributed by atoms with E-state index in [0.29, 0.717) is 29.0 Å². The van der Waals surface area contributed by atoms with E-state index in [1.54, 1.807) is 24.3 Å². The van der Waals surface area contributed by atoms with Gasteiger partial charge in [0.05, 0.1) is 23.0 Å². The molecule has 0 bridgehead atoms. The van der Waals surface area contributed by atoms with Gasteiger partial charge in [0, 0.05) is 6.20 Å². The van der Waals surface area contributed by atoms with Crippen LogP contribution in [0.3, 0.4) is 0 Å². The highest BCUT2D eigenvalue weighted by Crippen LogP contribution is 2.26. The molecule has 0 radical (unpaired) electrons. The van der Waals surface area contributed by atoms with Crippen LogP contribution in [0.1, 0.15) is 17.4 Å². The van der Waals surface area contributed by atoms with Gasteiger partial charge in [0.15, 0.2) is 0 Å². The molecule has 0 aliphatic rings. The van der Waals surface area contributed by atoms with Crippen LogP contribution in [0.25, 0.3) is 0 Å². The third kappa shape index (κ3) is 4.29. The quantitative estimate of drug-likeness (QED) is 0.668. The Kier molecular flexibility index (Phi) is 5.66. The smallest absolute Gasteiger partial charge is 0.274 e. The van der Waals surface area contributed by atoms with E-state index in [-0.39, 0.29) is 11.6 Å². The second-order valence-electron chi connectivity index (χ2n) is 5.25. The summed E-state index contributed by atoms with van der Waals surface area (Å²) in [5, 5.41) is 6.27. The fraction of sp³-hybridized carbons (Fsp3) is 0.105. The molecule has 0 aliphatic carbocycles. The van der Waals surface area contributed by atoms with E-state index >= 15 is 0 Å². The maximum atomic E-state index is 12.4. The standard InChI is InChI=1S/C19H17ClN4O2/c1-2-26-17-10-6-5-9-15(17)23-19-21-12-11-16(24-19)18(25)22-14-8-4-3-7-13(14)20/h3-12H,2H2,1H3,(H,22,25)(H,21,23,24). The van der Waals surface area contributed by atoms with Gasteiger partial charge in [-0.25, -0.2) is 9.97 Å². The number of carbonyl (C=O) groups excluding carboxylic acids is 1. The zero-order valence-electron chi connectivity index (χ0n) is 14.1. The Morgan fingerprint density at radius 2 is 1.81 bits per heavy atom. The highest BCUT2D eigenvalue weighted by molar-refractivity contribution is 6.33. The number of carbonyl (C=O) groups is 1. The summed E-state index contributed by atoms with van der Waals surface area (Å²) in [5.74, 6) is 0.607. The van der Waals surface area contributed by atoms with Gasteiger partial charge in [0.1, 0.15) is 11.4 Å². The molecule has 0 unspecified atom stereocenters. The first-order valence-corrected chi connectivity index (χ1v) is 8.43. The van der Waals surface area contributed by atoms with Crippen molar-refractivity contribution in [2.75, 3.05) is 17.2 Å². The van der Waals surface area contributed by atoms with E-state index in [1.807, 2.05) is 31.2 Å². The summed E-state index contributed by atoms with van der Waals surface area (Å²) >= 11 is 6.07. The second-order valence-corrected chi connectivity index (χ2v) is 5.66. The molecule has 0 spiro atoms. The van der Waals surface area contributed by atoms with E-state index < -0.39 is 0 Å². The van der Waals surface area contributed by atoms with Crippen molar-refractivity contribution in [1.82, 2.24) is 9.97 Å². The van der Waals surface area contributed by atoms with Crippen molar-refractivity contribution >= 4 is 34.8 Å². The van der Waals surface area contributed by atoms with Crippen LogP contribution in [0, 0.1) is 0 Å². The van der Waals surface area contributed by atoms with E-state index in [1.165, 1.54) is 12.3 Å². The Morgan fingerprint density at radius 1 is 1.08 bits per heavy atom. The van der Waals surface area contributed by atoms with Crippen LogP contribution < -0.4 is 15.4 Å². The molecule has 1 heterocycles. The summed E-state index contributed by atoms with van der Waals surface area (Å²) in [6.45, 7) is 2.45. The number of nitrogens with zero attached hydrogens (tertiary/aromatic N) is 2. The van der Waals surface area contributed by atoms with Crippen molar-refractivity contribution in [2.45, 2.75) is 6.92 Å². The van der Waals surface area contributed by atoms with E-state index in [0.717, 1.165) is 5.69 Å². The van der Waals surface area contributed by atoms with Crippen LogP contribution in [0.5, 0.6) is 5.75 Å². The lowest BCUT2D eigenvalue weighted by Crippen LogP contribution is -2.15. The molecule has 2 aromatic carbocycles. The molecule has 1 amide bonds. The van der Waals surface area contributed by atoms with Crippen LogP contribution >= 0.6 is 11.6 Å². The Hall–Kier alpha value is -3.12. The minimum absolute atomic E-state index is 0.219. The highest BCUT2D eigenvalue weighted by Gasteiger charge is 2.12. The molecule has 2 N–H and O–H groups in total. The van der Waals surface area contributed by atoms with E-state index in [4.69, 9.17) is 16.3 Å². The van der Waals surface area contributed by atoms with Gasteiger partial charge in [0.25, 0.3) is 5.91 Å². The average Bonchev–Trinajstić information content (AvgIpc) is 2.66. The van der Waals surface area contributed by atoms with Crippen molar-refractivity contribution in [2.24, 2.45) is 0 Å². The Labute approximate surface area is 156 Å². The summed E-state index contributed by atoms with van der Waals surface area (Å²) in [5.41, 5.74) is 1.46. The zero-order valence-corrected chi connectivity index (χ0v) is 14.8. The van der Waals surface area contributed by atoms with Gasteiger partial charge in [-0.2, -0.15) is 0 Å². The number of anilines is 3. The average molecular weight is 369 g/mol. The maximum absolute atomic E-state index is 12.4. The normalized spacial score (nSPS) is 10.2. The molecule has 132 valence electrons. The van der Waals surface area contributed by atoms with Crippen molar-refractivity contribution in [1.29, 1.82) is 0 Å². The summed E-state index contributed by atoms with van der Waals surface area (Å²) in [6, 6.07) is 16.0. The molecular formula is C19H17ClN4O2. The first-order chi connectivity index (χ1) is 12.7. The predicted molar refractivity (Wildman–Crippen MR) is 102 cm³/mol. The molecule has 3 rings (SSSR count). The number of hydrogen-bond acceptors (Lipinski definition) is 5. The number of hydrogen-bond donors (Lipinski definition) is 2. The molecule has 6 nitrogen and oxygen atoms in total. The highest BCUT2D eigenvalue weighted by atomic mass is 35.5. The molecule has 7 heteroatoms. The molecular weight excluding hydrogens is 352 g/mol. The molecule has 26 heavy (non-hydrogen) atoms. The topological polar surface area (TPSA) is 76.1 Å². The minimum atomic E-state index is -0.373. The van der Waals surface area contributed by atoms with Crippen LogP contribution in [-0.2, 0) is 0 Å². The van der Waals surface area contributed by atoms with E-state index in [9.17, 15) is 4.79 Å². The summed E-state index contributed by atoms with van der Waals surface area (Å²) in [4.78, 5) is 20.8. The third-order valence-corrected chi connectivity index (χ3v) is 3.77. The van der Waals surface area contributed by atoms with Gasteiger partial charge in [-0.1, -0.05) is 35.9 Å². The number of amides is 1. The molecule has 1 aromatic heterocycles. The molecule has 0 atom stereocenters. The van der Waals surface area contributed by atoms with Crippen molar-refractivity contribution in [3.63, 3.8) is 0 Å². The number of aromatic nitrogens is 2. The molecule has 3 aromatic rings. The number of rotatable bonds is 6. The Balaban J connectivity index is 1.78. The van der Waals surface area contributed by atoms with Crippen molar-refractivity contribution < 1.29 is 9.53 Å². The lowest BCUT2D eigenvalue weighted by Gasteiger charge is -2.11. The van der Waals surface area contributed by atoms with Crippen molar-refractivity contribution in [3.8, 4) is 5.75 Å². The molecule has 0 fully saturated rings. The van der Waals surface area contributed by atoms with Crippen LogP contribution in [0.2, 0.25) is 5.02 Å². The summed E-state index contributed by atoms with van der Waals surface area (Å²) in [7, 11) is 0. The first kappa shape index (κ1) is 17.7. The molecule has 0 saturated carbocycles. The number of nitrogens with one attached hydrogen (secondary N) is 2. The lowest BCUT2D eigenvalue weighted by molar-refractivity contribution is 0.102. The fourth-order valence-electron chi connectivity index (χ4n) is 2.27.